The number of allylic oxidation sites excluding steroid dienone is 2. The van der Waals surface area contributed by atoms with Crippen molar-refractivity contribution in [2.75, 3.05) is 0 Å². The predicted octanol–water partition coefficient (Wildman–Crippen LogP) is 12.3. The zero-order valence-corrected chi connectivity index (χ0v) is 32.7. The molecule has 0 nitrogen and oxygen atoms in total. The molecule has 2 atom stereocenters. The minimum atomic E-state index is -5.25. The summed E-state index contributed by atoms with van der Waals surface area (Å²) in [6, 6.07) is 11.1. The third-order valence-corrected chi connectivity index (χ3v) is 64.9. The number of benzene rings is 2. The van der Waals surface area contributed by atoms with Gasteiger partial charge >= 0.3 is 254 Å². The summed E-state index contributed by atoms with van der Waals surface area (Å²) in [5.74, 6) is 1.84. The second-order valence-electron chi connectivity index (χ2n) is 14.9. The van der Waals surface area contributed by atoms with Crippen molar-refractivity contribution in [3.63, 3.8) is 0 Å². The molecule has 0 fully saturated rings. The molecule has 0 spiro atoms. The van der Waals surface area contributed by atoms with Crippen LogP contribution in [0.4, 0.5) is 0 Å². The molecule has 2 aromatic rings. The molecule has 2 aliphatic rings. The van der Waals surface area contributed by atoms with Crippen LogP contribution in [0.3, 0.4) is 0 Å². The van der Waals surface area contributed by atoms with Crippen LogP contribution in [0.5, 0.6) is 0 Å². The molecule has 4 rings (SSSR count). The van der Waals surface area contributed by atoms with Gasteiger partial charge in [0.15, 0.2) is 0 Å². The Morgan fingerprint density at radius 2 is 1.02 bits per heavy atom. The van der Waals surface area contributed by atoms with Crippen LogP contribution < -0.4 is 0 Å². The zero-order chi connectivity index (χ0) is 30.0. The van der Waals surface area contributed by atoms with Gasteiger partial charge in [-0.2, -0.15) is 0 Å². The molecule has 0 radical (unpaired) electrons. The second kappa shape index (κ2) is 10.6. The fourth-order valence-electron chi connectivity index (χ4n) is 8.79. The molecule has 0 amide bonds. The van der Waals surface area contributed by atoms with Crippen LogP contribution in [0.15, 0.2) is 35.4 Å². The van der Waals surface area contributed by atoms with E-state index in [-0.39, 0.29) is 7.25 Å². The normalized spacial score (nSPS) is 20.9. The number of rotatable bonds is 9. The predicted molar refractivity (Wildman–Crippen MR) is 183 cm³/mol. The standard InChI is InChI=1S/2C16H21.C2H7Si.C2H5.2ClH.Zr/c2*1-10(2)13-8-14-6-12(5)7-16(14)15(9-13)11(3)4;1-2-3;1-2;;;/h2*6-11H,1-5H3;2-3H2,1H3;1H2,2H3;2*1H;/q;;;;;;+2/p-2. The van der Waals surface area contributed by atoms with Gasteiger partial charge in [-0.25, -0.2) is 0 Å². The first-order chi connectivity index (χ1) is 18.5. The fourth-order valence-corrected chi connectivity index (χ4v) is 62.3. The van der Waals surface area contributed by atoms with Crippen molar-refractivity contribution in [3.05, 3.63) is 79.9 Å². The van der Waals surface area contributed by atoms with E-state index in [1.807, 2.05) is 0 Å². The van der Waals surface area contributed by atoms with Crippen molar-refractivity contribution >= 4 is 35.8 Å². The Hall–Kier alpha value is -0.400. The molecule has 4 heteroatoms. The van der Waals surface area contributed by atoms with Gasteiger partial charge in [-0.1, -0.05) is 0 Å². The van der Waals surface area contributed by atoms with Crippen LogP contribution in [0, 0.1) is 0 Å². The molecule has 2 aliphatic carbocycles. The zero-order valence-electron chi connectivity index (χ0n) is 27.3. The Labute approximate surface area is 252 Å². The van der Waals surface area contributed by atoms with Crippen molar-refractivity contribution in [3.8, 4) is 0 Å². The molecular formula is C36H54Cl2SiZr. The van der Waals surface area contributed by atoms with E-state index in [9.17, 15) is 0 Å². The average molecular weight is 677 g/mol. The number of fused-ring (bicyclic) bond motifs is 2. The van der Waals surface area contributed by atoms with Crippen molar-refractivity contribution < 1.29 is 14.1 Å². The van der Waals surface area contributed by atoms with E-state index in [1.54, 1.807) is 0 Å². The SMILES string of the molecule is CC[SiH2][Zr]([Cl])([Cl])([CH2]C)([CH]1C(C)=Cc2c(C(C)C)cc(C(C)C)cc21)[CH]1C(C)=Cc2c(C(C)C)cc(C(C)C)cc21. The maximum atomic E-state index is 8.87. The summed E-state index contributed by atoms with van der Waals surface area (Å²) < 4.78 is 1.22. The van der Waals surface area contributed by atoms with Crippen LogP contribution >= 0.6 is 17.0 Å². The van der Waals surface area contributed by atoms with Gasteiger partial charge in [0.25, 0.3) is 0 Å². The molecule has 220 valence electrons. The van der Waals surface area contributed by atoms with Crippen LogP contribution in [0.2, 0.25) is 10.2 Å². The van der Waals surface area contributed by atoms with Gasteiger partial charge in [0, 0.05) is 0 Å². The molecule has 0 saturated carbocycles. The van der Waals surface area contributed by atoms with E-state index >= 15 is 0 Å². The number of hydrogen-bond donors (Lipinski definition) is 0. The first-order valence-electron chi connectivity index (χ1n) is 16.0. The van der Waals surface area contributed by atoms with Crippen molar-refractivity contribution in [1.82, 2.24) is 0 Å². The van der Waals surface area contributed by atoms with Crippen LogP contribution in [0.25, 0.3) is 12.2 Å². The van der Waals surface area contributed by atoms with Crippen LogP contribution in [-0.2, 0) is 14.1 Å². The van der Waals surface area contributed by atoms with E-state index in [0.29, 0.717) is 23.7 Å². The number of hydrogen-bond acceptors (Lipinski definition) is 0. The Kier molecular flexibility index (Phi) is 8.65. The molecule has 0 heterocycles. The third kappa shape index (κ3) is 4.78. The summed E-state index contributed by atoms with van der Waals surface area (Å²) in [4.78, 5) is 0. The second-order valence-corrected chi connectivity index (χ2v) is 68.0. The van der Waals surface area contributed by atoms with Gasteiger partial charge in [-0.3, -0.25) is 0 Å². The van der Waals surface area contributed by atoms with E-state index in [1.165, 1.54) is 55.7 Å². The fraction of sp³-hybridized carbons (Fsp3) is 0.556. The van der Waals surface area contributed by atoms with Crippen LogP contribution in [0.1, 0.15) is 159 Å². The molecule has 40 heavy (non-hydrogen) atoms. The number of halogens is 2. The molecule has 2 unspecified atom stereocenters. The molecular weight excluding hydrogens is 623 g/mol. The molecule has 0 aliphatic heterocycles. The third-order valence-electron chi connectivity index (χ3n) is 10.8. The van der Waals surface area contributed by atoms with Gasteiger partial charge in [-0.15, -0.1) is 0 Å². The molecule has 0 bridgehead atoms. The maximum absolute atomic E-state index is 8.87. The summed E-state index contributed by atoms with van der Waals surface area (Å²) in [5.41, 5.74) is 14.3. The van der Waals surface area contributed by atoms with Gasteiger partial charge in [0.2, 0.25) is 0 Å². The Morgan fingerprint density at radius 1 is 0.650 bits per heavy atom. The van der Waals surface area contributed by atoms with E-state index in [0.717, 1.165) is 10.2 Å². The Balaban J connectivity index is 2.15. The summed E-state index contributed by atoms with van der Waals surface area (Å²) in [6.07, 6.45) is 4.96. The monoisotopic (exact) mass is 674 g/mol. The molecule has 2 aromatic carbocycles. The summed E-state index contributed by atoms with van der Waals surface area (Å²) in [5, 5.41) is 0. The average Bonchev–Trinajstić information content (AvgIpc) is 3.39. The summed E-state index contributed by atoms with van der Waals surface area (Å²) >= 11 is -5.25. The topological polar surface area (TPSA) is 0 Å². The quantitative estimate of drug-likeness (QED) is 0.232. The van der Waals surface area contributed by atoms with Crippen LogP contribution in [-0.4, -0.2) is 6.65 Å². The molecule has 0 N–H and O–H groups in total. The molecule has 0 aromatic heterocycles. The first-order valence-corrected chi connectivity index (χ1v) is 33.8. The first kappa shape index (κ1) is 32.5. The van der Waals surface area contributed by atoms with Gasteiger partial charge in [0.1, 0.15) is 0 Å². The van der Waals surface area contributed by atoms with E-state index in [4.69, 9.17) is 17.0 Å². The van der Waals surface area contributed by atoms with Gasteiger partial charge < -0.3 is 0 Å². The van der Waals surface area contributed by atoms with Gasteiger partial charge in [0.05, 0.1) is 0 Å². The Morgan fingerprint density at radius 3 is 1.30 bits per heavy atom. The van der Waals surface area contributed by atoms with Crippen molar-refractivity contribution in [2.45, 2.75) is 124 Å². The van der Waals surface area contributed by atoms with Crippen molar-refractivity contribution in [1.29, 1.82) is 0 Å². The van der Waals surface area contributed by atoms with E-state index < -0.39 is 20.7 Å². The van der Waals surface area contributed by atoms with E-state index in [2.05, 4.69) is 120 Å². The van der Waals surface area contributed by atoms with Crippen molar-refractivity contribution in [2.24, 2.45) is 0 Å². The molecule has 0 saturated heterocycles. The minimum absolute atomic E-state index is 0.150. The Bertz CT molecular complexity index is 1310. The van der Waals surface area contributed by atoms with Gasteiger partial charge in [-0.05, 0) is 0 Å². The summed E-state index contributed by atoms with van der Waals surface area (Å²) in [7, 11) is 17.7. The summed E-state index contributed by atoms with van der Waals surface area (Å²) in [6.45, 7) is 27.2.